The summed E-state index contributed by atoms with van der Waals surface area (Å²) in [5.74, 6) is 0. The van der Waals surface area contributed by atoms with E-state index in [0.717, 1.165) is 19.3 Å². The molecule has 1 atom stereocenters. The van der Waals surface area contributed by atoms with Crippen molar-refractivity contribution >= 4 is 10.0 Å². The normalized spacial score (nSPS) is 19.8. The van der Waals surface area contributed by atoms with Crippen molar-refractivity contribution in [2.75, 3.05) is 13.2 Å². The molecular weight excluding hydrogens is 266 g/mol. The number of hydrogen-bond donors (Lipinski definition) is 1. The summed E-state index contributed by atoms with van der Waals surface area (Å²) >= 11 is 0. The molecule has 1 saturated heterocycles. The van der Waals surface area contributed by atoms with Crippen LogP contribution in [0.4, 0.5) is 0 Å². The van der Waals surface area contributed by atoms with Gasteiger partial charge in [-0.05, 0) is 31.4 Å². The van der Waals surface area contributed by atoms with E-state index in [9.17, 15) is 8.42 Å². The number of aromatic nitrogens is 1. The van der Waals surface area contributed by atoms with Crippen molar-refractivity contribution in [2.24, 2.45) is 0 Å². The topological polar surface area (TPSA) is 92.1 Å². The highest BCUT2D eigenvalue weighted by molar-refractivity contribution is 7.89. The van der Waals surface area contributed by atoms with Crippen LogP contribution in [0.1, 0.15) is 25.0 Å². The molecule has 0 amide bonds. The van der Waals surface area contributed by atoms with Crippen molar-refractivity contribution in [3.05, 3.63) is 24.0 Å². The lowest BCUT2D eigenvalue weighted by atomic mass is 10.1. The summed E-state index contributed by atoms with van der Waals surface area (Å²) in [6, 6.07) is 4.64. The Kier molecular flexibility index (Phi) is 4.47. The van der Waals surface area contributed by atoms with E-state index in [4.69, 9.17) is 10.00 Å². The zero-order chi connectivity index (χ0) is 13.7. The Morgan fingerprint density at radius 1 is 1.53 bits per heavy atom. The minimum absolute atomic E-state index is 0.0895. The molecule has 1 aromatic rings. The average molecular weight is 281 g/mol. The van der Waals surface area contributed by atoms with Gasteiger partial charge >= 0.3 is 0 Å². The highest BCUT2D eigenvalue weighted by Gasteiger charge is 2.22. The van der Waals surface area contributed by atoms with E-state index in [1.165, 1.54) is 18.3 Å². The van der Waals surface area contributed by atoms with E-state index >= 15 is 0 Å². The smallest absolute Gasteiger partial charge is 0.243 e. The Labute approximate surface area is 112 Å². The average Bonchev–Trinajstić information content (AvgIpc) is 2.46. The van der Waals surface area contributed by atoms with Gasteiger partial charge in [0.1, 0.15) is 11.0 Å². The second kappa shape index (κ2) is 6.10. The Morgan fingerprint density at radius 2 is 2.37 bits per heavy atom. The third-order valence-corrected chi connectivity index (χ3v) is 4.40. The van der Waals surface area contributed by atoms with Gasteiger partial charge in [-0.3, -0.25) is 0 Å². The Balaban J connectivity index is 2.07. The van der Waals surface area contributed by atoms with Gasteiger partial charge in [0.05, 0.1) is 6.10 Å². The number of sulfonamides is 1. The number of rotatable bonds is 4. The monoisotopic (exact) mass is 281 g/mol. The first-order valence-electron chi connectivity index (χ1n) is 6.10. The lowest BCUT2D eigenvalue weighted by Crippen LogP contribution is -2.35. The van der Waals surface area contributed by atoms with Crippen molar-refractivity contribution in [3.8, 4) is 6.07 Å². The number of pyridine rings is 1. The largest absolute Gasteiger partial charge is 0.377 e. The Morgan fingerprint density at radius 3 is 3.05 bits per heavy atom. The van der Waals surface area contributed by atoms with Crippen molar-refractivity contribution in [1.82, 2.24) is 9.71 Å². The van der Waals surface area contributed by atoms with Crippen LogP contribution in [0.2, 0.25) is 0 Å². The number of ether oxygens (including phenoxy) is 1. The first kappa shape index (κ1) is 13.9. The molecule has 19 heavy (non-hydrogen) atoms. The maximum atomic E-state index is 12.1. The minimum Gasteiger partial charge on any atom is -0.377 e. The molecule has 6 nitrogen and oxygen atoms in total. The standard InChI is InChI=1S/C12H15N3O3S/c13-8-11-12(5-3-6-14-11)19(16,17)15-9-10-4-1-2-7-18-10/h3,5-6,10,15H,1-2,4,7,9H2. The zero-order valence-corrected chi connectivity index (χ0v) is 11.2. The molecule has 1 fully saturated rings. The van der Waals surface area contributed by atoms with Crippen LogP contribution in [-0.2, 0) is 14.8 Å². The molecule has 1 N–H and O–H groups in total. The lowest BCUT2D eigenvalue weighted by molar-refractivity contribution is 0.0200. The molecule has 1 aliphatic rings. The SMILES string of the molecule is N#Cc1ncccc1S(=O)(=O)NCC1CCCCO1. The maximum absolute atomic E-state index is 12.1. The molecule has 0 aliphatic carbocycles. The van der Waals surface area contributed by atoms with E-state index in [1.54, 1.807) is 6.07 Å². The number of nitrogens with one attached hydrogen (secondary N) is 1. The third-order valence-electron chi connectivity index (χ3n) is 2.94. The molecule has 0 saturated carbocycles. The molecule has 0 aromatic carbocycles. The summed E-state index contributed by atoms with van der Waals surface area (Å²) in [6.07, 6.45) is 4.21. The van der Waals surface area contributed by atoms with Gasteiger partial charge in [-0.15, -0.1) is 0 Å². The first-order valence-corrected chi connectivity index (χ1v) is 7.58. The van der Waals surface area contributed by atoms with E-state index in [1.807, 2.05) is 0 Å². The second-order valence-corrected chi connectivity index (χ2v) is 6.04. The summed E-state index contributed by atoms with van der Waals surface area (Å²) in [5, 5.41) is 8.87. The molecule has 0 spiro atoms. The van der Waals surface area contributed by atoms with E-state index < -0.39 is 10.0 Å². The molecule has 2 rings (SSSR count). The molecule has 1 aromatic heterocycles. The van der Waals surface area contributed by atoms with Gasteiger partial charge in [-0.2, -0.15) is 5.26 Å². The summed E-state index contributed by atoms with van der Waals surface area (Å²) < 4.78 is 32.1. The minimum atomic E-state index is -3.72. The molecule has 0 bridgehead atoms. The third kappa shape index (κ3) is 3.50. The molecule has 2 heterocycles. The summed E-state index contributed by atoms with van der Waals surface area (Å²) in [5.41, 5.74) is -0.0976. The molecular formula is C12H15N3O3S. The summed E-state index contributed by atoms with van der Waals surface area (Å²) in [4.78, 5) is 3.66. The highest BCUT2D eigenvalue weighted by atomic mass is 32.2. The summed E-state index contributed by atoms with van der Waals surface area (Å²) in [7, 11) is -3.72. The van der Waals surface area contributed by atoms with E-state index in [-0.39, 0.29) is 23.2 Å². The molecule has 7 heteroatoms. The first-order chi connectivity index (χ1) is 9.13. The molecule has 1 aliphatic heterocycles. The van der Waals surface area contributed by atoms with Crippen molar-refractivity contribution in [2.45, 2.75) is 30.3 Å². The van der Waals surface area contributed by atoms with Crippen LogP contribution in [0.15, 0.2) is 23.2 Å². The van der Waals surface area contributed by atoms with Gasteiger partial charge in [-0.25, -0.2) is 18.1 Å². The highest BCUT2D eigenvalue weighted by Crippen LogP contribution is 2.14. The fraction of sp³-hybridized carbons (Fsp3) is 0.500. The van der Waals surface area contributed by atoms with Crippen LogP contribution in [0.3, 0.4) is 0 Å². The molecule has 1 unspecified atom stereocenters. The Bertz CT molecular complexity index is 574. The van der Waals surface area contributed by atoms with Gasteiger partial charge in [0.25, 0.3) is 0 Å². The number of hydrogen-bond acceptors (Lipinski definition) is 5. The number of nitriles is 1. The van der Waals surface area contributed by atoms with Gasteiger partial charge in [-0.1, -0.05) is 0 Å². The van der Waals surface area contributed by atoms with Crippen LogP contribution in [0.25, 0.3) is 0 Å². The van der Waals surface area contributed by atoms with Crippen LogP contribution in [0, 0.1) is 11.3 Å². The van der Waals surface area contributed by atoms with Gasteiger partial charge in [0.15, 0.2) is 5.69 Å². The maximum Gasteiger partial charge on any atom is 0.243 e. The van der Waals surface area contributed by atoms with Crippen LogP contribution in [0.5, 0.6) is 0 Å². The molecule has 102 valence electrons. The predicted molar refractivity (Wildman–Crippen MR) is 67.7 cm³/mol. The van der Waals surface area contributed by atoms with Crippen LogP contribution in [-0.4, -0.2) is 32.7 Å². The van der Waals surface area contributed by atoms with Gasteiger partial charge < -0.3 is 4.74 Å². The van der Waals surface area contributed by atoms with Gasteiger partial charge in [0, 0.05) is 19.3 Å². The fourth-order valence-electron chi connectivity index (χ4n) is 1.94. The van der Waals surface area contributed by atoms with Crippen molar-refractivity contribution < 1.29 is 13.2 Å². The van der Waals surface area contributed by atoms with Crippen molar-refractivity contribution in [3.63, 3.8) is 0 Å². The van der Waals surface area contributed by atoms with Gasteiger partial charge in [0.2, 0.25) is 10.0 Å². The molecule has 0 radical (unpaired) electrons. The summed E-state index contributed by atoms with van der Waals surface area (Å²) in [6.45, 7) is 0.894. The van der Waals surface area contributed by atoms with Crippen LogP contribution < -0.4 is 4.72 Å². The lowest BCUT2D eigenvalue weighted by Gasteiger charge is -2.22. The quantitative estimate of drug-likeness (QED) is 0.881. The van der Waals surface area contributed by atoms with E-state index in [0.29, 0.717) is 6.61 Å². The second-order valence-electron chi connectivity index (χ2n) is 4.30. The Hall–Kier alpha value is -1.49. The van der Waals surface area contributed by atoms with Crippen molar-refractivity contribution in [1.29, 1.82) is 5.26 Å². The fourth-order valence-corrected chi connectivity index (χ4v) is 3.11. The zero-order valence-electron chi connectivity index (χ0n) is 10.4. The number of nitrogens with zero attached hydrogens (tertiary/aromatic N) is 2. The van der Waals surface area contributed by atoms with E-state index in [2.05, 4.69) is 9.71 Å². The van der Waals surface area contributed by atoms with Crippen LogP contribution >= 0.6 is 0 Å². The predicted octanol–water partition coefficient (Wildman–Crippen LogP) is 0.801.